The number of hydrogen-bond acceptors (Lipinski definition) is 3. The van der Waals surface area contributed by atoms with E-state index in [1.54, 1.807) is 19.1 Å². The summed E-state index contributed by atoms with van der Waals surface area (Å²) < 4.78 is 2.25. The van der Waals surface area contributed by atoms with Crippen LogP contribution >= 0.6 is 15.9 Å². The number of nitrogens with two attached hydrogens (primary N) is 1. The monoisotopic (exact) mass is 385 g/mol. The minimum Gasteiger partial charge on any atom is -0.369 e. The van der Waals surface area contributed by atoms with Gasteiger partial charge in [0.05, 0.1) is 22.5 Å². The van der Waals surface area contributed by atoms with Crippen LogP contribution in [0.3, 0.4) is 0 Å². The Morgan fingerprint density at radius 3 is 2.50 bits per heavy atom. The molecule has 1 unspecified atom stereocenters. The number of rotatable bonds is 3. The number of benzene rings is 2. The van der Waals surface area contributed by atoms with Gasteiger partial charge in [0, 0.05) is 4.47 Å². The topological polar surface area (TPSA) is 78.0 Å². The first-order valence-corrected chi connectivity index (χ1v) is 8.26. The summed E-state index contributed by atoms with van der Waals surface area (Å²) in [5, 5.41) is 0.477. The second kappa shape index (κ2) is 6.20. The number of carbonyl (C=O) groups excluding carboxylic acids is 1. The van der Waals surface area contributed by atoms with Gasteiger partial charge in [0.15, 0.2) is 0 Å². The number of aryl methyl sites for hydroxylation is 1. The Morgan fingerprint density at radius 2 is 1.88 bits per heavy atom. The van der Waals surface area contributed by atoms with Gasteiger partial charge in [0.1, 0.15) is 5.82 Å². The van der Waals surface area contributed by atoms with Gasteiger partial charge >= 0.3 is 0 Å². The van der Waals surface area contributed by atoms with Gasteiger partial charge in [-0.1, -0.05) is 33.6 Å². The number of hydrogen-bond donors (Lipinski definition) is 1. The van der Waals surface area contributed by atoms with Gasteiger partial charge in [-0.2, -0.15) is 0 Å². The lowest BCUT2D eigenvalue weighted by Crippen LogP contribution is -2.30. The number of nitrogens with zero attached hydrogens (tertiary/aromatic N) is 2. The van der Waals surface area contributed by atoms with Crippen molar-refractivity contribution in [2.45, 2.75) is 19.8 Å². The van der Waals surface area contributed by atoms with Crippen molar-refractivity contribution in [3.05, 3.63) is 68.7 Å². The van der Waals surface area contributed by atoms with Crippen molar-refractivity contribution in [2.24, 2.45) is 5.73 Å². The molecule has 3 aromatic rings. The molecule has 0 saturated heterocycles. The summed E-state index contributed by atoms with van der Waals surface area (Å²) in [7, 11) is 0. The molecule has 0 saturated carbocycles. The van der Waals surface area contributed by atoms with Crippen LogP contribution in [0.4, 0.5) is 0 Å². The fourth-order valence-electron chi connectivity index (χ4n) is 2.54. The van der Waals surface area contributed by atoms with E-state index < -0.39 is 11.8 Å². The average Bonchev–Trinajstić information content (AvgIpc) is 2.55. The van der Waals surface area contributed by atoms with E-state index in [1.165, 1.54) is 4.57 Å². The predicted octanol–water partition coefficient (Wildman–Crippen LogP) is 3.05. The molecule has 1 aromatic heterocycles. The Labute approximate surface area is 147 Å². The van der Waals surface area contributed by atoms with Crippen LogP contribution < -0.4 is 11.3 Å². The van der Waals surface area contributed by atoms with Crippen molar-refractivity contribution in [1.29, 1.82) is 0 Å². The molecule has 2 N–H and O–H groups in total. The van der Waals surface area contributed by atoms with Gasteiger partial charge in [-0.25, -0.2) is 4.98 Å². The molecule has 0 aliphatic heterocycles. The molecule has 0 bridgehead atoms. The second-order valence-electron chi connectivity index (χ2n) is 5.73. The van der Waals surface area contributed by atoms with E-state index in [9.17, 15) is 9.59 Å². The summed E-state index contributed by atoms with van der Waals surface area (Å²) in [4.78, 5) is 29.3. The number of amides is 1. The summed E-state index contributed by atoms with van der Waals surface area (Å²) >= 11 is 3.38. The molecule has 24 heavy (non-hydrogen) atoms. The van der Waals surface area contributed by atoms with Crippen LogP contribution in [-0.2, 0) is 4.79 Å². The largest absolute Gasteiger partial charge is 0.369 e. The van der Waals surface area contributed by atoms with Crippen LogP contribution in [0.25, 0.3) is 16.6 Å². The number of primary amides is 1. The first kappa shape index (κ1) is 16.4. The highest BCUT2D eigenvalue weighted by Crippen LogP contribution is 2.21. The molecule has 1 heterocycles. The Kier molecular flexibility index (Phi) is 4.24. The first-order chi connectivity index (χ1) is 11.4. The third-order valence-corrected chi connectivity index (χ3v) is 4.46. The Morgan fingerprint density at radius 1 is 1.21 bits per heavy atom. The quantitative estimate of drug-likeness (QED) is 0.752. The van der Waals surface area contributed by atoms with E-state index in [1.807, 2.05) is 37.3 Å². The molecule has 0 aliphatic rings. The lowest BCUT2D eigenvalue weighted by atomic mass is 10.1. The van der Waals surface area contributed by atoms with Crippen LogP contribution in [0.5, 0.6) is 0 Å². The van der Waals surface area contributed by atoms with Gasteiger partial charge in [0.2, 0.25) is 5.91 Å². The van der Waals surface area contributed by atoms with Crippen molar-refractivity contribution in [3.63, 3.8) is 0 Å². The van der Waals surface area contributed by atoms with E-state index in [0.29, 0.717) is 22.4 Å². The third kappa shape index (κ3) is 2.85. The molecule has 1 atom stereocenters. The van der Waals surface area contributed by atoms with E-state index >= 15 is 0 Å². The SMILES string of the molecule is Cc1ccc(-n2c(C(C)C(N)=O)nc3ccc(Br)cc3c2=O)cc1. The molecular weight excluding hydrogens is 370 g/mol. The van der Waals surface area contributed by atoms with Crippen molar-refractivity contribution in [2.75, 3.05) is 0 Å². The van der Waals surface area contributed by atoms with E-state index in [4.69, 9.17) is 5.73 Å². The minimum atomic E-state index is -0.688. The number of fused-ring (bicyclic) bond motifs is 1. The molecule has 3 rings (SSSR count). The number of aromatic nitrogens is 2. The zero-order valence-electron chi connectivity index (χ0n) is 13.3. The zero-order valence-corrected chi connectivity index (χ0v) is 14.9. The van der Waals surface area contributed by atoms with E-state index in [-0.39, 0.29) is 5.56 Å². The van der Waals surface area contributed by atoms with Crippen LogP contribution in [0, 0.1) is 6.92 Å². The normalized spacial score (nSPS) is 12.3. The van der Waals surface area contributed by atoms with Crippen molar-refractivity contribution >= 4 is 32.7 Å². The summed E-state index contributed by atoms with van der Waals surface area (Å²) in [6.07, 6.45) is 0. The zero-order chi connectivity index (χ0) is 17.4. The van der Waals surface area contributed by atoms with Gasteiger partial charge in [-0.05, 0) is 44.2 Å². The maximum Gasteiger partial charge on any atom is 0.266 e. The maximum atomic E-state index is 13.1. The number of carbonyl (C=O) groups is 1. The number of halogens is 1. The molecule has 0 aliphatic carbocycles. The Bertz CT molecular complexity index is 994. The van der Waals surface area contributed by atoms with Gasteiger partial charge < -0.3 is 5.73 Å². The molecule has 0 spiro atoms. The highest BCUT2D eigenvalue weighted by Gasteiger charge is 2.21. The Hall–Kier alpha value is -2.47. The fourth-order valence-corrected chi connectivity index (χ4v) is 2.90. The smallest absolute Gasteiger partial charge is 0.266 e. The van der Waals surface area contributed by atoms with Crippen LogP contribution in [0.2, 0.25) is 0 Å². The summed E-state index contributed by atoms with van der Waals surface area (Å²) in [6.45, 7) is 3.62. The summed E-state index contributed by atoms with van der Waals surface area (Å²) in [5.74, 6) is -0.877. The summed E-state index contributed by atoms with van der Waals surface area (Å²) in [5.41, 5.74) is 7.50. The van der Waals surface area contributed by atoms with Crippen LogP contribution in [-0.4, -0.2) is 15.5 Å². The van der Waals surface area contributed by atoms with E-state index in [2.05, 4.69) is 20.9 Å². The molecule has 122 valence electrons. The third-order valence-electron chi connectivity index (χ3n) is 3.96. The molecule has 0 radical (unpaired) electrons. The molecule has 0 fully saturated rings. The fraction of sp³-hybridized carbons (Fsp3) is 0.167. The molecule has 2 aromatic carbocycles. The summed E-state index contributed by atoms with van der Waals surface area (Å²) in [6, 6.07) is 12.8. The van der Waals surface area contributed by atoms with E-state index in [0.717, 1.165) is 10.0 Å². The average molecular weight is 386 g/mol. The lowest BCUT2D eigenvalue weighted by Gasteiger charge is -2.17. The van der Waals surface area contributed by atoms with Crippen molar-refractivity contribution in [3.8, 4) is 5.69 Å². The Balaban J connectivity index is 2.40. The highest BCUT2D eigenvalue weighted by molar-refractivity contribution is 9.10. The van der Waals surface area contributed by atoms with Crippen molar-refractivity contribution < 1.29 is 4.79 Å². The molecule has 5 nitrogen and oxygen atoms in total. The maximum absolute atomic E-state index is 13.1. The van der Waals surface area contributed by atoms with Crippen LogP contribution in [0.15, 0.2) is 51.7 Å². The molecule has 1 amide bonds. The molecule has 6 heteroatoms. The minimum absolute atomic E-state index is 0.228. The second-order valence-corrected chi connectivity index (χ2v) is 6.65. The van der Waals surface area contributed by atoms with Gasteiger partial charge in [-0.15, -0.1) is 0 Å². The lowest BCUT2D eigenvalue weighted by molar-refractivity contribution is -0.119. The van der Waals surface area contributed by atoms with Crippen LogP contribution in [0.1, 0.15) is 24.2 Å². The van der Waals surface area contributed by atoms with Crippen molar-refractivity contribution in [1.82, 2.24) is 9.55 Å². The standard InChI is InChI=1S/C18H16BrN3O2/c1-10-3-6-13(7-4-10)22-17(11(2)16(20)23)21-15-8-5-12(19)9-14(15)18(22)24/h3-9,11H,1-2H3,(H2,20,23). The molecular formula is C18H16BrN3O2. The highest BCUT2D eigenvalue weighted by atomic mass is 79.9. The predicted molar refractivity (Wildman–Crippen MR) is 97.4 cm³/mol. The van der Waals surface area contributed by atoms with Gasteiger partial charge in [0.25, 0.3) is 5.56 Å². The van der Waals surface area contributed by atoms with Gasteiger partial charge in [-0.3, -0.25) is 14.2 Å². The first-order valence-electron chi connectivity index (χ1n) is 7.47.